The predicted octanol–water partition coefficient (Wildman–Crippen LogP) is 2.40. The zero-order valence-electron chi connectivity index (χ0n) is 11.5. The first-order valence-electron chi connectivity index (χ1n) is 6.24. The van der Waals surface area contributed by atoms with E-state index in [1.165, 1.54) is 24.3 Å². The molecule has 0 amide bonds. The largest absolute Gasteiger partial charge is 0.294 e. The number of rotatable bonds is 4. The van der Waals surface area contributed by atoms with Gasteiger partial charge in [0.05, 0.1) is 28.2 Å². The van der Waals surface area contributed by atoms with Crippen LogP contribution in [0.3, 0.4) is 0 Å². The average Bonchev–Trinajstić information content (AvgIpc) is 3.01. The van der Waals surface area contributed by atoms with Gasteiger partial charge in [0.1, 0.15) is 0 Å². The molecule has 1 aromatic carbocycles. The summed E-state index contributed by atoms with van der Waals surface area (Å²) in [4.78, 5) is 5.15. The molecule has 9 heteroatoms. The van der Waals surface area contributed by atoms with E-state index in [1.807, 2.05) is 22.9 Å². The van der Waals surface area contributed by atoms with Gasteiger partial charge >= 0.3 is 0 Å². The molecular weight excluding hydrogens is 324 g/mol. The topological polar surface area (TPSA) is 96.1 Å². The molecule has 0 bridgehead atoms. The van der Waals surface area contributed by atoms with Gasteiger partial charge < -0.3 is 0 Å². The van der Waals surface area contributed by atoms with Crippen LogP contribution in [0.25, 0.3) is 4.96 Å². The lowest BCUT2D eigenvalue weighted by Gasteiger charge is -2.01. The Morgan fingerprint density at radius 3 is 2.77 bits per heavy atom. The number of imidazole rings is 1. The number of hydrogen-bond acceptors (Lipinski definition) is 6. The van der Waals surface area contributed by atoms with Crippen LogP contribution in [-0.2, 0) is 10.1 Å². The highest BCUT2D eigenvalue weighted by Crippen LogP contribution is 2.16. The van der Waals surface area contributed by atoms with Crippen molar-refractivity contribution in [2.24, 2.45) is 5.10 Å². The monoisotopic (exact) mass is 336 g/mol. The fourth-order valence-corrected chi connectivity index (χ4v) is 3.18. The van der Waals surface area contributed by atoms with E-state index < -0.39 is 10.1 Å². The molecule has 0 spiro atoms. The van der Waals surface area contributed by atoms with Gasteiger partial charge in [-0.1, -0.05) is 0 Å². The summed E-state index contributed by atoms with van der Waals surface area (Å²) in [5.74, 6) is 0. The van der Waals surface area contributed by atoms with Gasteiger partial charge in [-0.2, -0.15) is 13.5 Å². The SMILES string of the molecule is Cc1nc2sccn2c1C=NNc1ccc(S(=O)(=O)O)cc1. The maximum absolute atomic E-state index is 10.9. The van der Waals surface area contributed by atoms with Crippen molar-refractivity contribution in [1.29, 1.82) is 0 Å². The summed E-state index contributed by atoms with van der Waals surface area (Å²) in [5.41, 5.74) is 5.15. The summed E-state index contributed by atoms with van der Waals surface area (Å²) in [6, 6.07) is 5.64. The smallest absolute Gasteiger partial charge is 0.289 e. The molecule has 0 saturated heterocycles. The number of hydrogen-bond donors (Lipinski definition) is 2. The van der Waals surface area contributed by atoms with Crippen molar-refractivity contribution in [3.05, 3.63) is 47.2 Å². The Bertz CT molecular complexity index is 939. The molecule has 0 aliphatic heterocycles. The van der Waals surface area contributed by atoms with Crippen molar-refractivity contribution < 1.29 is 13.0 Å². The molecule has 22 heavy (non-hydrogen) atoms. The fourth-order valence-electron chi connectivity index (χ4n) is 1.94. The van der Waals surface area contributed by atoms with Crippen molar-refractivity contribution in [3.63, 3.8) is 0 Å². The molecule has 0 aliphatic rings. The van der Waals surface area contributed by atoms with Crippen molar-refractivity contribution in [2.45, 2.75) is 11.8 Å². The third-order valence-corrected chi connectivity index (χ3v) is 4.64. The number of aryl methyl sites for hydroxylation is 1. The van der Waals surface area contributed by atoms with E-state index in [0.29, 0.717) is 5.69 Å². The molecule has 0 radical (unpaired) electrons. The van der Waals surface area contributed by atoms with Crippen molar-refractivity contribution in [3.8, 4) is 0 Å². The van der Waals surface area contributed by atoms with Crippen LogP contribution >= 0.6 is 11.3 Å². The fraction of sp³-hybridized carbons (Fsp3) is 0.0769. The average molecular weight is 336 g/mol. The van der Waals surface area contributed by atoms with E-state index in [9.17, 15) is 8.42 Å². The molecule has 0 atom stereocenters. The minimum Gasteiger partial charge on any atom is -0.289 e. The number of aromatic nitrogens is 2. The number of nitrogens with zero attached hydrogens (tertiary/aromatic N) is 3. The van der Waals surface area contributed by atoms with E-state index in [4.69, 9.17) is 4.55 Å². The number of thiazole rings is 1. The summed E-state index contributed by atoms with van der Waals surface area (Å²) in [6.07, 6.45) is 3.57. The van der Waals surface area contributed by atoms with Crippen molar-refractivity contribution >= 4 is 38.3 Å². The minimum absolute atomic E-state index is 0.159. The van der Waals surface area contributed by atoms with E-state index in [2.05, 4.69) is 15.5 Å². The van der Waals surface area contributed by atoms with Crippen LogP contribution < -0.4 is 5.43 Å². The molecule has 0 unspecified atom stereocenters. The Hall–Kier alpha value is -2.23. The molecule has 2 N–H and O–H groups in total. The maximum Gasteiger partial charge on any atom is 0.294 e. The first-order valence-corrected chi connectivity index (χ1v) is 8.56. The molecule has 114 valence electrons. The Labute approximate surface area is 130 Å². The van der Waals surface area contributed by atoms with E-state index >= 15 is 0 Å². The lowest BCUT2D eigenvalue weighted by atomic mass is 10.3. The molecule has 0 aliphatic carbocycles. The highest BCUT2D eigenvalue weighted by molar-refractivity contribution is 7.85. The highest BCUT2D eigenvalue weighted by Gasteiger charge is 2.08. The van der Waals surface area contributed by atoms with Crippen LogP contribution in [0.1, 0.15) is 11.4 Å². The van der Waals surface area contributed by atoms with Gasteiger partial charge in [0, 0.05) is 11.6 Å². The van der Waals surface area contributed by atoms with Crippen LogP contribution in [-0.4, -0.2) is 28.6 Å². The van der Waals surface area contributed by atoms with Gasteiger partial charge in [0.15, 0.2) is 4.96 Å². The summed E-state index contributed by atoms with van der Waals surface area (Å²) < 4.78 is 32.7. The van der Waals surface area contributed by atoms with Crippen LogP contribution in [0.15, 0.2) is 45.8 Å². The number of hydrazone groups is 1. The molecule has 0 saturated carbocycles. The highest BCUT2D eigenvalue weighted by atomic mass is 32.2. The van der Waals surface area contributed by atoms with Crippen LogP contribution in [0, 0.1) is 6.92 Å². The van der Waals surface area contributed by atoms with E-state index in [-0.39, 0.29) is 4.90 Å². The van der Waals surface area contributed by atoms with Crippen molar-refractivity contribution in [1.82, 2.24) is 9.38 Å². The van der Waals surface area contributed by atoms with Gasteiger partial charge in [-0.25, -0.2) is 4.98 Å². The Morgan fingerprint density at radius 1 is 1.36 bits per heavy atom. The number of nitrogens with one attached hydrogen (secondary N) is 1. The number of benzene rings is 1. The second-order valence-corrected chi connectivity index (χ2v) is 6.80. The normalized spacial score (nSPS) is 12.3. The lowest BCUT2D eigenvalue weighted by molar-refractivity contribution is 0.483. The summed E-state index contributed by atoms with van der Waals surface area (Å²) in [5, 5.41) is 6.07. The van der Waals surface area contributed by atoms with Crippen LogP contribution in [0.4, 0.5) is 5.69 Å². The van der Waals surface area contributed by atoms with Crippen LogP contribution in [0.5, 0.6) is 0 Å². The quantitative estimate of drug-likeness (QED) is 0.433. The summed E-state index contributed by atoms with van der Waals surface area (Å²) >= 11 is 1.55. The zero-order chi connectivity index (χ0) is 15.7. The van der Waals surface area contributed by atoms with E-state index in [0.717, 1.165) is 16.3 Å². The number of fused-ring (bicyclic) bond motifs is 1. The standard InChI is InChI=1S/C13H12N4O3S2/c1-9-12(17-6-7-21-13(17)15-9)8-14-16-10-2-4-11(5-3-10)22(18,19)20/h2-8,16H,1H3,(H,18,19,20). The zero-order valence-corrected chi connectivity index (χ0v) is 13.1. The van der Waals surface area contributed by atoms with Crippen molar-refractivity contribution in [2.75, 3.05) is 5.43 Å². The Kier molecular flexibility index (Phi) is 3.69. The van der Waals surface area contributed by atoms with Gasteiger partial charge in [-0.15, -0.1) is 11.3 Å². The first kappa shape index (κ1) is 14.7. The number of anilines is 1. The minimum atomic E-state index is -4.18. The molecule has 2 heterocycles. The van der Waals surface area contributed by atoms with Gasteiger partial charge in [-0.05, 0) is 31.2 Å². The van der Waals surface area contributed by atoms with E-state index in [1.54, 1.807) is 17.6 Å². The Morgan fingerprint density at radius 2 is 2.09 bits per heavy atom. The molecule has 3 rings (SSSR count). The predicted molar refractivity (Wildman–Crippen MR) is 85.3 cm³/mol. The second-order valence-electron chi connectivity index (χ2n) is 4.51. The first-order chi connectivity index (χ1) is 10.4. The van der Waals surface area contributed by atoms with Gasteiger partial charge in [-0.3, -0.25) is 14.4 Å². The van der Waals surface area contributed by atoms with Gasteiger partial charge in [0.2, 0.25) is 0 Å². The molecule has 0 fully saturated rings. The lowest BCUT2D eigenvalue weighted by Crippen LogP contribution is -1.98. The maximum atomic E-state index is 10.9. The second kappa shape index (κ2) is 5.52. The molecule has 7 nitrogen and oxygen atoms in total. The third-order valence-electron chi connectivity index (χ3n) is 3.02. The third kappa shape index (κ3) is 2.86. The Balaban J connectivity index is 1.77. The summed E-state index contributed by atoms with van der Waals surface area (Å²) in [6.45, 7) is 1.90. The molecule has 2 aromatic heterocycles. The summed E-state index contributed by atoms with van der Waals surface area (Å²) in [7, 11) is -4.18. The molecule has 3 aromatic rings. The van der Waals surface area contributed by atoms with Crippen LogP contribution in [0.2, 0.25) is 0 Å². The van der Waals surface area contributed by atoms with Gasteiger partial charge in [0.25, 0.3) is 10.1 Å². The molecular formula is C13H12N4O3S2.